The molecule has 0 saturated heterocycles. The van der Waals surface area contributed by atoms with Crippen LogP contribution in [0, 0.1) is 19.8 Å². The van der Waals surface area contributed by atoms with E-state index in [1.54, 1.807) is 24.8 Å². The Balaban J connectivity index is 1.49. The number of hydrogen-bond donors (Lipinski definition) is 1. The number of rotatable bonds is 8. The van der Waals surface area contributed by atoms with Crippen molar-refractivity contribution in [3.05, 3.63) is 89.3 Å². The van der Waals surface area contributed by atoms with Crippen LogP contribution in [0.25, 0.3) is 11.4 Å². The molecular weight excluding hydrogens is 430 g/mol. The third-order valence-corrected chi connectivity index (χ3v) is 5.41. The Bertz CT molecular complexity index is 1230. The molecule has 1 amide bonds. The molecule has 4 aromatic rings. The highest BCUT2D eigenvalue weighted by Gasteiger charge is 2.26. The molecule has 174 valence electrons. The molecule has 1 aromatic carbocycles. The lowest BCUT2D eigenvalue weighted by atomic mass is 10.0. The summed E-state index contributed by atoms with van der Waals surface area (Å²) in [6.07, 6.45) is 6.85. The average Bonchev–Trinajstić information content (AvgIpc) is 3.32. The Morgan fingerprint density at radius 1 is 1.06 bits per heavy atom. The van der Waals surface area contributed by atoms with Crippen molar-refractivity contribution in [1.82, 2.24) is 25.4 Å². The maximum atomic E-state index is 13.1. The van der Waals surface area contributed by atoms with E-state index < -0.39 is 6.04 Å². The molecule has 8 nitrogen and oxygen atoms in total. The Hall–Kier alpha value is -4.07. The minimum Gasteiger partial charge on any atom is -0.488 e. The van der Waals surface area contributed by atoms with Crippen molar-refractivity contribution in [1.29, 1.82) is 0 Å². The first-order chi connectivity index (χ1) is 16.4. The smallest absolute Gasteiger partial charge is 0.251 e. The molecule has 0 spiro atoms. The monoisotopic (exact) mass is 457 g/mol. The van der Waals surface area contributed by atoms with E-state index in [9.17, 15) is 4.79 Å². The van der Waals surface area contributed by atoms with Gasteiger partial charge in [-0.1, -0.05) is 25.1 Å². The minimum absolute atomic E-state index is 0.0374. The van der Waals surface area contributed by atoms with Crippen molar-refractivity contribution in [2.24, 2.45) is 5.92 Å². The van der Waals surface area contributed by atoms with Gasteiger partial charge in [-0.2, -0.15) is 4.98 Å². The van der Waals surface area contributed by atoms with E-state index in [-0.39, 0.29) is 11.8 Å². The lowest BCUT2D eigenvalue weighted by Crippen LogP contribution is -2.32. The number of ether oxygens (including phenoxy) is 1. The zero-order valence-corrected chi connectivity index (χ0v) is 19.6. The van der Waals surface area contributed by atoms with E-state index in [0.717, 1.165) is 28.0 Å². The van der Waals surface area contributed by atoms with Crippen LogP contribution in [-0.4, -0.2) is 26.0 Å². The van der Waals surface area contributed by atoms with Gasteiger partial charge in [-0.15, -0.1) is 0 Å². The van der Waals surface area contributed by atoms with Gasteiger partial charge in [-0.3, -0.25) is 14.8 Å². The number of benzene rings is 1. The average molecular weight is 458 g/mol. The van der Waals surface area contributed by atoms with Crippen LogP contribution < -0.4 is 10.1 Å². The predicted octanol–water partition coefficient (Wildman–Crippen LogP) is 4.85. The van der Waals surface area contributed by atoms with Crippen LogP contribution in [0.2, 0.25) is 0 Å². The van der Waals surface area contributed by atoms with Crippen molar-refractivity contribution in [2.45, 2.75) is 40.3 Å². The van der Waals surface area contributed by atoms with Crippen LogP contribution >= 0.6 is 0 Å². The summed E-state index contributed by atoms with van der Waals surface area (Å²) >= 11 is 0. The second-order valence-electron chi connectivity index (χ2n) is 8.48. The summed E-state index contributed by atoms with van der Waals surface area (Å²) in [6.45, 7) is 8.25. The molecular formula is C26H27N5O3. The lowest BCUT2D eigenvalue weighted by Gasteiger charge is -2.19. The molecule has 3 aromatic heterocycles. The molecule has 1 N–H and O–H groups in total. The number of hydrogen-bond acceptors (Lipinski definition) is 7. The largest absolute Gasteiger partial charge is 0.488 e. The number of amides is 1. The fourth-order valence-electron chi connectivity index (χ4n) is 3.66. The Morgan fingerprint density at radius 2 is 1.76 bits per heavy atom. The van der Waals surface area contributed by atoms with Crippen LogP contribution in [0.5, 0.6) is 5.75 Å². The molecule has 0 aliphatic rings. The SMILES string of the molecule is Cc1cc(C(=O)NC(c2nc(-c3cccnc3)no2)C(C)C)cc(C)c1OCc1cccnc1. The summed E-state index contributed by atoms with van der Waals surface area (Å²) in [5, 5.41) is 7.10. The summed E-state index contributed by atoms with van der Waals surface area (Å²) < 4.78 is 11.5. The van der Waals surface area contributed by atoms with Gasteiger partial charge in [-0.05, 0) is 61.2 Å². The van der Waals surface area contributed by atoms with Crippen molar-refractivity contribution in [2.75, 3.05) is 0 Å². The summed E-state index contributed by atoms with van der Waals surface area (Å²) in [4.78, 5) is 25.8. The van der Waals surface area contributed by atoms with E-state index in [0.29, 0.717) is 23.9 Å². The normalized spacial score (nSPS) is 11.9. The molecule has 4 rings (SSSR count). The van der Waals surface area contributed by atoms with Gasteiger partial charge in [0.25, 0.3) is 5.91 Å². The number of pyridine rings is 2. The molecule has 8 heteroatoms. The Labute approximate surface area is 198 Å². The maximum Gasteiger partial charge on any atom is 0.251 e. The highest BCUT2D eigenvalue weighted by Crippen LogP contribution is 2.27. The highest BCUT2D eigenvalue weighted by atomic mass is 16.5. The van der Waals surface area contributed by atoms with Crippen LogP contribution in [0.3, 0.4) is 0 Å². The number of carbonyl (C=O) groups is 1. The zero-order chi connectivity index (χ0) is 24.1. The van der Waals surface area contributed by atoms with Crippen LogP contribution in [0.15, 0.2) is 65.7 Å². The number of aromatic nitrogens is 4. The fraction of sp³-hybridized carbons (Fsp3) is 0.269. The lowest BCUT2D eigenvalue weighted by molar-refractivity contribution is 0.0913. The van der Waals surface area contributed by atoms with E-state index in [1.807, 2.05) is 64.1 Å². The quantitative estimate of drug-likeness (QED) is 0.403. The third-order valence-electron chi connectivity index (χ3n) is 5.41. The number of nitrogens with zero attached hydrogens (tertiary/aromatic N) is 4. The second-order valence-corrected chi connectivity index (χ2v) is 8.48. The number of carbonyl (C=O) groups excluding carboxylic acids is 1. The standard InChI is InChI=1S/C26H27N5O3/c1-16(2)22(26-30-24(31-34-26)20-8-6-10-28-14-20)29-25(32)21-11-17(3)23(18(4)12-21)33-15-19-7-5-9-27-13-19/h5-14,16,22H,15H2,1-4H3,(H,29,32). The third kappa shape index (κ3) is 5.28. The Kier molecular flexibility index (Phi) is 6.96. The fourth-order valence-corrected chi connectivity index (χ4v) is 3.66. The molecule has 1 atom stereocenters. The second kappa shape index (κ2) is 10.2. The van der Waals surface area contributed by atoms with Gasteiger partial charge in [-0.25, -0.2) is 0 Å². The van der Waals surface area contributed by atoms with E-state index >= 15 is 0 Å². The molecule has 1 unspecified atom stereocenters. The first kappa shape index (κ1) is 23.1. The first-order valence-corrected chi connectivity index (χ1v) is 11.1. The first-order valence-electron chi connectivity index (χ1n) is 11.1. The number of aryl methyl sites for hydroxylation is 2. The van der Waals surface area contributed by atoms with Crippen molar-refractivity contribution in [3.8, 4) is 17.1 Å². The molecule has 0 saturated carbocycles. The van der Waals surface area contributed by atoms with E-state index in [2.05, 4.69) is 25.4 Å². The van der Waals surface area contributed by atoms with Gasteiger partial charge in [0.1, 0.15) is 18.4 Å². The van der Waals surface area contributed by atoms with Crippen LogP contribution in [-0.2, 0) is 6.61 Å². The molecule has 3 heterocycles. The molecule has 0 fully saturated rings. The molecule has 0 aliphatic carbocycles. The van der Waals surface area contributed by atoms with Crippen LogP contribution in [0.1, 0.15) is 52.8 Å². The maximum absolute atomic E-state index is 13.1. The summed E-state index contributed by atoms with van der Waals surface area (Å²) in [7, 11) is 0. The van der Waals surface area contributed by atoms with Crippen molar-refractivity contribution < 1.29 is 14.1 Å². The summed E-state index contributed by atoms with van der Waals surface area (Å²) in [6, 6.07) is 10.7. The predicted molar refractivity (Wildman–Crippen MR) is 127 cm³/mol. The Morgan fingerprint density at radius 3 is 2.38 bits per heavy atom. The van der Waals surface area contributed by atoms with Gasteiger partial charge >= 0.3 is 0 Å². The van der Waals surface area contributed by atoms with Crippen LogP contribution in [0.4, 0.5) is 0 Å². The van der Waals surface area contributed by atoms with Crippen molar-refractivity contribution >= 4 is 5.91 Å². The molecule has 0 radical (unpaired) electrons. The molecule has 34 heavy (non-hydrogen) atoms. The number of nitrogens with one attached hydrogen (secondary N) is 1. The highest BCUT2D eigenvalue weighted by molar-refractivity contribution is 5.95. The van der Waals surface area contributed by atoms with Gasteiger partial charge in [0, 0.05) is 41.5 Å². The van der Waals surface area contributed by atoms with Gasteiger partial charge < -0.3 is 14.6 Å². The summed E-state index contributed by atoms with van der Waals surface area (Å²) in [5.74, 6) is 1.37. The van der Waals surface area contributed by atoms with E-state index in [4.69, 9.17) is 9.26 Å². The minimum atomic E-state index is -0.437. The van der Waals surface area contributed by atoms with Gasteiger partial charge in [0.05, 0.1) is 0 Å². The molecule has 0 aliphatic heterocycles. The van der Waals surface area contributed by atoms with Gasteiger partial charge in [0.15, 0.2) is 0 Å². The van der Waals surface area contributed by atoms with Gasteiger partial charge in [0.2, 0.25) is 11.7 Å². The molecule has 0 bridgehead atoms. The summed E-state index contributed by atoms with van der Waals surface area (Å²) in [5.41, 5.74) is 4.03. The topological polar surface area (TPSA) is 103 Å². The van der Waals surface area contributed by atoms with Crippen molar-refractivity contribution in [3.63, 3.8) is 0 Å². The van der Waals surface area contributed by atoms with E-state index in [1.165, 1.54) is 0 Å². The zero-order valence-electron chi connectivity index (χ0n) is 19.6.